The van der Waals surface area contributed by atoms with Crippen LogP contribution in [-0.2, 0) is 11.2 Å². The van der Waals surface area contributed by atoms with Crippen molar-refractivity contribution in [3.05, 3.63) is 33.8 Å². The van der Waals surface area contributed by atoms with Crippen molar-refractivity contribution in [3.8, 4) is 0 Å². The lowest BCUT2D eigenvalue weighted by atomic mass is 10.0. The maximum absolute atomic E-state index is 10.0. The van der Waals surface area contributed by atoms with E-state index in [1.807, 2.05) is 12.1 Å². The molecule has 1 aromatic carbocycles. The van der Waals surface area contributed by atoms with Crippen LogP contribution in [0.5, 0.6) is 0 Å². The largest absolute Gasteiger partial charge is 0.393 e. The third kappa shape index (κ3) is 3.86. The summed E-state index contributed by atoms with van der Waals surface area (Å²) in [6, 6.07) is 5.52. The van der Waals surface area contributed by atoms with Crippen LogP contribution in [0.3, 0.4) is 0 Å². The third-order valence-electron chi connectivity index (χ3n) is 3.33. The first-order valence-electron chi connectivity index (χ1n) is 6.39. The first-order valence-corrected chi connectivity index (χ1v) is 7.15. The van der Waals surface area contributed by atoms with Crippen molar-refractivity contribution in [1.82, 2.24) is 0 Å². The SMILES string of the molecule is OC(CCC1CCCO1)Cc1cccc(Cl)c1Cl. The lowest BCUT2D eigenvalue weighted by Crippen LogP contribution is -2.15. The van der Waals surface area contributed by atoms with Gasteiger partial charge in [0, 0.05) is 6.61 Å². The molecule has 1 aliphatic rings. The number of hydrogen-bond donors (Lipinski definition) is 1. The standard InChI is InChI=1S/C14H18Cl2O2/c15-13-5-1-3-10(14(13)16)9-11(17)6-7-12-4-2-8-18-12/h1,3,5,11-12,17H,2,4,6-9H2. The highest BCUT2D eigenvalue weighted by Gasteiger charge is 2.17. The molecule has 4 heteroatoms. The zero-order valence-corrected chi connectivity index (χ0v) is 11.8. The summed E-state index contributed by atoms with van der Waals surface area (Å²) in [5, 5.41) is 11.1. The number of hydrogen-bond acceptors (Lipinski definition) is 2. The van der Waals surface area contributed by atoms with E-state index in [1.165, 1.54) is 0 Å². The van der Waals surface area contributed by atoms with Crippen LogP contribution >= 0.6 is 23.2 Å². The molecule has 1 aromatic rings. The van der Waals surface area contributed by atoms with Crippen LogP contribution in [0, 0.1) is 0 Å². The van der Waals surface area contributed by atoms with E-state index < -0.39 is 0 Å². The minimum Gasteiger partial charge on any atom is -0.393 e. The Hall–Kier alpha value is -0.280. The number of aliphatic hydroxyl groups is 1. The van der Waals surface area contributed by atoms with Crippen LogP contribution in [0.1, 0.15) is 31.2 Å². The van der Waals surface area contributed by atoms with Gasteiger partial charge in [0.15, 0.2) is 0 Å². The lowest BCUT2D eigenvalue weighted by molar-refractivity contribution is 0.0813. The van der Waals surface area contributed by atoms with Gasteiger partial charge in [-0.1, -0.05) is 35.3 Å². The zero-order chi connectivity index (χ0) is 13.0. The van der Waals surface area contributed by atoms with Gasteiger partial charge in [-0.05, 0) is 43.7 Å². The van der Waals surface area contributed by atoms with Crippen LogP contribution in [0.15, 0.2) is 18.2 Å². The number of halogens is 2. The maximum Gasteiger partial charge on any atom is 0.0625 e. The summed E-state index contributed by atoms with van der Waals surface area (Å²) in [4.78, 5) is 0. The molecule has 1 saturated heterocycles. The van der Waals surface area contributed by atoms with Crippen molar-refractivity contribution in [2.24, 2.45) is 0 Å². The summed E-state index contributed by atoms with van der Waals surface area (Å²) in [7, 11) is 0. The Morgan fingerprint density at radius 2 is 2.22 bits per heavy atom. The average molecular weight is 289 g/mol. The molecular weight excluding hydrogens is 271 g/mol. The zero-order valence-electron chi connectivity index (χ0n) is 10.2. The number of aliphatic hydroxyl groups excluding tert-OH is 1. The summed E-state index contributed by atoms with van der Waals surface area (Å²) in [5.41, 5.74) is 0.906. The van der Waals surface area contributed by atoms with Crippen molar-refractivity contribution < 1.29 is 9.84 Å². The van der Waals surface area contributed by atoms with Gasteiger partial charge in [-0.25, -0.2) is 0 Å². The van der Waals surface area contributed by atoms with E-state index in [0.29, 0.717) is 22.6 Å². The van der Waals surface area contributed by atoms with Crippen molar-refractivity contribution >= 4 is 23.2 Å². The second-order valence-corrected chi connectivity index (χ2v) is 5.57. The highest BCUT2D eigenvalue weighted by Crippen LogP contribution is 2.27. The maximum atomic E-state index is 10.0. The second kappa shape index (κ2) is 6.76. The fourth-order valence-corrected chi connectivity index (χ4v) is 2.71. The summed E-state index contributed by atoms with van der Waals surface area (Å²) in [5.74, 6) is 0. The van der Waals surface area contributed by atoms with Gasteiger partial charge < -0.3 is 9.84 Å². The fraction of sp³-hybridized carbons (Fsp3) is 0.571. The summed E-state index contributed by atoms with van der Waals surface area (Å²) < 4.78 is 5.54. The Kier molecular flexibility index (Phi) is 5.31. The molecule has 0 radical (unpaired) electrons. The second-order valence-electron chi connectivity index (χ2n) is 4.78. The summed E-state index contributed by atoms with van der Waals surface area (Å²) in [6.07, 6.45) is 4.41. The Morgan fingerprint density at radius 3 is 2.94 bits per heavy atom. The first-order chi connectivity index (χ1) is 8.66. The smallest absolute Gasteiger partial charge is 0.0625 e. The molecule has 1 N–H and O–H groups in total. The molecule has 1 fully saturated rings. The Labute approximate surface area is 118 Å². The topological polar surface area (TPSA) is 29.5 Å². The van der Waals surface area contributed by atoms with Gasteiger partial charge in [0.25, 0.3) is 0 Å². The molecule has 100 valence electrons. The molecule has 2 nitrogen and oxygen atoms in total. The number of benzene rings is 1. The van der Waals surface area contributed by atoms with Crippen LogP contribution < -0.4 is 0 Å². The average Bonchev–Trinajstić information content (AvgIpc) is 2.86. The molecule has 2 atom stereocenters. The van der Waals surface area contributed by atoms with Crippen molar-refractivity contribution in [2.75, 3.05) is 6.61 Å². The number of rotatable bonds is 5. The minimum atomic E-state index is -0.384. The van der Waals surface area contributed by atoms with Crippen LogP contribution in [-0.4, -0.2) is 23.9 Å². The molecule has 0 amide bonds. The first kappa shape index (κ1) is 14.1. The van der Waals surface area contributed by atoms with Crippen LogP contribution in [0.4, 0.5) is 0 Å². The normalized spacial score (nSPS) is 21.2. The molecule has 0 bridgehead atoms. The van der Waals surface area contributed by atoms with Crippen molar-refractivity contribution in [2.45, 2.75) is 44.3 Å². The van der Waals surface area contributed by atoms with Crippen molar-refractivity contribution in [3.63, 3.8) is 0 Å². The van der Waals surface area contributed by atoms with Gasteiger partial charge in [0.1, 0.15) is 0 Å². The molecule has 0 spiro atoms. The van der Waals surface area contributed by atoms with Gasteiger partial charge >= 0.3 is 0 Å². The van der Waals surface area contributed by atoms with Crippen molar-refractivity contribution in [1.29, 1.82) is 0 Å². The molecule has 0 saturated carbocycles. The molecule has 0 aromatic heterocycles. The summed E-state index contributed by atoms with van der Waals surface area (Å²) >= 11 is 12.0. The van der Waals surface area contributed by atoms with E-state index in [4.69, 9.17) is 27.9 Å². The quantitative estimate of drug-likeness (QED) is 0.892. The molecule has 2 unspecified atom stereocenters. The van der Waals surface area contributed by atoms with E-state index in [1.54, 1.807) is 6.07 Å². The monoisotopic (exact) mass is 288 g/mol. The van der Waals surface area contributed by atoms with Crippen LogP contribution in [0.25, 0.3) is 0 Å². The van der Waals surface area contributed by atoms with Gasteiger partial charge in [0.05, 0.1) is 22.3 Å². The fourth-order valence-electron chi connectivity index (χ4n) is 2.31. The van der Waals surface area contributed by atoms with Gasteiger partial charge in [-0.2, -0.15) is 0 Å². The van der Waals surface area contributed by atoms with E-state index in [9.17, 15) is 5.11 Å². The molecule has 1 aliphatic heterocycles. The van der Waals surface area contributed by atoms with E-state index in [0.717, 1.165) is 37.9 Å². The highest BCUT2D eigenvalue weighted by atomic mass is 35.5. The summed E-state index contributed by atoms with van der Waals surface area (Å²) in [6.45, 7) is 0.862. The minimum absolute atomic E-state index is 0.328. The van der Waals surface area contributed by atoms with E-state index in [2.05, 4.69) is 0 Å². The third-order valence-corrected chi connectivity index (χ3v) is 4.19. The Bertz CT molecular complexity index is 389. The molecular formula is C14H18Cl2O2. The van der Waals surface area contributed by atoms with Crippen LogP contribution in [0.2, 0.25) is 10.0 Å². The van der Waals surface area contributed by atoms with Gasteiger partial charge in [-0.3, -0.25) is 0 Å². The van der Waals surface area contributed by atoms with Gasteiger partial charge in [0.2, 0.25) is 0 Å². The molecule has 2 rings (SSSR count). The molecule has 1 heterocycles. The van der Waals surface area contributed by atoms with E-state index >= 15 is 0 Å². The molecule has 0 aliphatic carbocycles. The highest BCUT2D eigenvalue weighted by molar-refractivity contribution is 6.42. The Morgan fingerprint density at radius 1 is 1.39 bits per heavy atom. The number of ether oxygens (including phenoxy) is 1. The lowest BCUT2D eigenvalue weighted by Gasteiger charge is -2.15. The molecule has 18 heavy (non-hydrogen) atoms. The van der Waals surface area contributed by atoms with Gasteiger partial charge in [-0.15, -0.1) is 0 Å². The Balaban J connectivity index is 1.82. The van der Waals surface area contributed by atoms with E-state index in [-0.39, 0.29) is 6.10 Å². The predicted molar refractivity (Wildman–Crippen MR) is 74.4 cm³/mol. The predicted octanol–water partition coefficient (Wildman–Crippen LogP) is 3.86.